The zero-order valence-corrected chi connectivity index (χ0v) is 15.3. The summed E-state index contributed by atoms with van der Waals surface area (Å²) in [6.07, 6.45) is 3.21. The molecular weight excluding hydrogens is 336 g/mol. The van der Waals surface area contributed by atoms with Crippen molar-refractivity contribution in [3.63, 3.8) is 0 Å². The molecular formula is C18H20N4O2S. The second-order valence-corrected chi connectivity index (χ2v) is 7.82. The third-order valence-electron chi connectivity index (χ3n) is 3.75. The van der Waals surface area contributed by atoms with Crippen molar-refractivity contribution in [1.29, 1.82) is 0 Å². The summed E-state index contributed by atoms with van der Waals surface area (Å²) in [5.41, 5.74) is 1.06. The standard InChI is InChI=1S/C18H20N4O2S/c1-18(2,3)15(23)9-17-21(16(24)12-25-17)11-13-10-19-22(20-13)14-7-5-4-6-8-14/h4-10H,11-12H2,1-3H3. The van der Waals surface area contributed by atoms with Gasteiger partial charge >= 0.3 is 0 Å². The third-order valence-corrected chi connectivity index (χ3v) is 4.78. The van der Waals surface area contributed by atoms with Crippen LogP contribution in [0.3, 0.4) is 0 Å². The van der Waals surface area contributed by atoms with Gasteiger partial charge in [-0.2, -0.15) is 15.0 Å². The third kappa shape index (κ3) is 3.99. The maximum absolute atomic E-state index is 12.3. The number of rotatable bonds is 4. The number of ketones is 1. The fourth-order valence-electron chi connectivity index (χ4n) is 2.24. The molecule has 0 N–H and O–H groups in total. The molecule has 0 radical (unpaired) electrons. The van der Waals surface area contributed by atoms with Crippen LogP contribution < -0.4 is 0 Å². The molecule has 1 saturated heterocycles. The molecule has 2 aromatic rings. The molecule has 1 aromatic carbocycles. The van der Waals surface area contributed by atoms with Gasteiger partial charge in [-0.25, -0.2) is 0 Å². The summed E-state index contributed by atoms with van der Waals surface area (Å²) >= 11 is 1.39. The van der Waals surface area contributed by atoms with E-state index in [2.05, 4.69) is 10.2 Å². The number of para-hydroxylation sites is 1. The quantitative estimate of drug-likeness (QED) is 0.788. The van der Waals surface area contributed by atoms with Crippen LogP contribution in [0.5, 0.6) is 0 Å². The summed E-state index contributed by atoms with van der Waals surface area (Å²) in [6, 6.07) is 9.58. The predicted octanol–water partition coefficient (Wildman–Crippen LogP) is 2.80. The molecule has 25 heavy (non-hydrogen) atoms. The number of allylic oxidation sites excluding steroid dienone is 1. The van der Waals surface area contributed by atoms with Gasteiger partial charge in [-0.15, -0.1) is 0 Å². The van der Waals surface area contributed by atoms with Crippen LogP contribution >= 0.6 is 11.8 Å². The van der Waals surface area contributed by atoms with E-state index in [0.717, 1.165) is 5.69 Å². The minimum absolute atomic E-state index is 0.00244. The zero-order chi connectivity index (χ0) is 18.0. The number of carbonyl (C=O) groups is 2. The Labute approximate surface area is 150 Å². The number of hydrogen-bond donors (Lipinski definition) is 0. The van der Waals surface area contributed by atoms with E-state index in [-0.39, 0.29) is 11.7 Å². The van der Waals surface area contributed by atoms with Crippen LogP contribution in [-0.4, -0.2) is 37.3 Å². The van der Waals surface area contributed by atoms with E-state index in [1.54, 1.807) is 17.2 Å². The number of thioether (sulfide) groups is 1. The first-order valence-corrected chi connectivity index (χ1v) is 8.99. The van der Waals surface area contributed by atoms with Gasteiger partial charge in [-0.3, -0.25) is 14.5 Å². The topological polar surface area (TPSA) is 68.1 Å². The van der Waals surface area contributed by atoms with Crippen molar-refractivity contribution >= 4 is 23.5 Å². The highest BCUT2D eigenvalue weighted by molar-refractivity contribution is 8.04. The highest BCUT2D eigenvalue weighted by atomic mass is 32.2. The molecule has 0 bridgehead atoms. The van der Waals surface area contributed by atoms with Crippen LogP contribution in [0.25, 0.3) is 5.69 Å². The Morgan fingerprint density at radius 2 is 2.00 bits per heavy atom. The molecule has 0 saturated carbocycles. The Balaban J connectivity index is 1.79. The molecule has 1 aliphatic heterocycles. The maximum Gasteiger partial charge on any atom is 0.238 e. The van der Waals surface area contributed by atoms with Gasteiger partial charge in [-0.05, 0) is 12.1 Å². The predicted molar refractivity (Wildman–Crippen MR) is 96.9 cm³/mol. The van der Waals surface area contributed by atoms with Gasteiger partial charge < -0.3 is 0 Å². The van der Waals surface area contributed by atoms with Crippen molar-refractivity contribution in [2.24, 2.45) is 5.41 Å². The van der Waals surface area contributed by atoms with Crippen molar-refractivity contribution in [2.75, 3.05) is 5.75 Å². The molecule has 0 aliphatic carbocycles. The molecule has 0 spiro atoms. The molecule has 130 valence electrons. The second kappa shape index (κ2) is 6.84. The Hall–Kier alpha value is -2.41. The number of benzene rings is 1. The van der Waals surface area contributed by atoms with Crippen molar-refractivity contribution in [1.82, 2.24) is 19.9 Å². The lowest BCUT2D eigenvalue weighted by Crippen LogP contribution is -2.26. The largest absolute Gasteiger partial charge is 0.300 e. The van der Waals surface area contributed by atoms with Crippen LogP contribution in [0.4, 0.5) is 0 Å². The molecule has 7 heteroatoms. The molecule has 1 amide bonds. The fraction of sp³-hybridized carbons (Fsp3) is 0.333. The number of carbonyl (C=O) groups excluding carboxylic acids is 2. The van der Waals surface area contributed by atoms with E-state index >= 15 is 0 Å². The first-order chi connectivity index (χ1) is 11.8. The summed E-state index contributed by atoms with van der Waals surface area (Å²) in [5.74, 6) is 0.325. The average molecular weight is 356 g/mol. The monoisotopic (exact) mass is 356 g/mol. The van der Waals surface area contributed by atoms with E-state index in [9.17, 15) is 9.59 Å². The summed E-state index contributed by atoms with van der Waals surface area (Å²) in [6.45, 7) is 5.90. The molecule has 6 nitrogen and oxygen atoms in total. The minimum Gasteiger partial charge on any atom is -0.300 e. The number of aromatic nitrogens is 3. The van der Waals surface area contributed by atoms with E-state index < -0.39 is 5.41 Å². The lowest BCUT2D eigenvalue weighted by atomic mass is 9.91. The Kier molecular flexibility index (Phi) is 4.76. The molecule has 3 rings (SSSR count). The summed E-state index contributed by atoms with van der Waals surface area (Å²) < 4.78 is 0. The van der Waals surface area contributed by atoms with Gasteiger partial charge in [0.15, 0.2) is 5.78 Å². The van der Waals surface area contributed by atoms with E-state index in [0.29, 0.717) is 23.0 Å². The van der Waals surface area contributed by atoms with Crippen molar-refractivity contribution in [2.45, 2.75) is 27.3 Å². The van der Waals surface area contributed by atoms with Gasteiger partial charge in [0, 0.05) is 11.5 Å². The number of amides is 1. The highest BCUT2D eigenvalue weighted by Crippen LogP contribution is 2.31. The summed E-state index contributed by atoms with van der Waals surface area (Å²) in [4.78, 5) is 27.6. The lowest BCUT2D eigenvalue weighted by molar-refractivity contribution is -0.125. The Bertz CT molecular complexity index is 821. The minimum atomic E-state index is -0.471. The van der Waals surface area contributed by atoms with Gasteiger partial charge in [0.25, 0.3) is 0 Å². The Morgan fingerprint density at radius 3 is 2.68 bits per heavy atom. The van der Waals surface area contributed by atoms with Crippen molar-refractivity contribution in [3.05, 3.63) is 53.3 Å². The average Bonchev–Trinajstić information content (AvgIpc) is 3.17. The SMILES string of the molecule is CC(C)(C)C(=O)C=C1SCC(=O)N1Cc1cnn(-c2ccccc2)n1. The molecule has 0 atom stereocenters. The molecule has 2 heterocycles. The fourth-order valence-corrected chi connectivity index (χ4v) is 3.18. The molecule has 1 aliphatic rings. The van der Waals surface area contributed by atoms with Gasteiger partial charge in [0.05, 0.1) is 29.2 Å². The normalized spacial score (nSPS) is 16.7. The number of nitrogens with zero attached hydrogens (tertiary/aromatic N) is 4. The smallest absolute Gasteiger partial charge is 0.238 e. The zero-order valence-electron chi connectivity index (χ0n) is 14.5. The molecule has 0 unspecified atom stereocenters. The van der Waals surface area contributed by atoms with E-state index in [1.807, 2.05) is 51.1 Å². The van der Waals surface area contributed by atoms with Crippen LogP contribution in [0.2, 0.25) is 0 Å². The van der Waals surface area contributed by atoms with Crippen LogP contribution in [0, 0.1) is 5.41 Å². The Morgan fingerprint density at radius 1 is 1.28 bits per heavy atom. The van der Waals surface area contributed by atoms with Crippen LogP contribution in [-0.2, 0) is 16.1 Å². The van der Waals surface area contributed by atoms with Gasteiger partial charge in [-0.1, -0.05) is 50.7 Å². The van der Waals surface area contributed by atoms with Crippen molar-refractivity contribution in [3.8, 4) is 5.69 Å². The maximum atomic E-state index is 12.3. The first kappa shape index (κ1) is 17.4. The van der Waals surface area contributed by atoms with Crippen LogP contribution in [0.1, 0.15) is 26.5 Å². The second-order valence-electron chi connectivity index (χ2n) is 6.83. The lowest BCUT2D eigenvalue weighted by Gasteiger charge is -2.18. The summed E-state index contributed by atoms with van der Waals surface area (Å²) in [5, 5.41) is 9.36. The van der Waals surface area contributed by atoms with E-state index in [4.69, 9.17) is 0 Å². The summed E-state index contributed by atoms with van der Waals surface area (Å²) in [7, 11) is 0. The van der Waals surface area contributed by atoms with Crippen molar-refractivity contribution < 1.29 is 9.59 Å². The van der Waals surface area contributed by atoms with Crippen LogP contribution in [0.15, 0.2) is 47.6 Å². The molecule has 1 fully saturated rings. The first-order valence-electron chi connectivity index (χ1n) is 8.00. The van der Waals surface area contributed by atoms with E-state index in [1.165, 1.54) is 16.6 Å². The van der Waals surface area contributed by atoms with Gasteiger partial charge in [0.1, 0.15) is 5.69 Å². The number of hydrogen-bond acceptors (Lipinski definition) is 5. The van der Waals surface area contributed by atoms with Gasteiger partial charge in [0.2, 0.25) is 5.91 Å². The molecule has 1 aromatic heterocycles. The highest BCUT2D eigenvalue weighted by Gasteiger charge is 2.30.